The summed E-state index contributed by atoms with van der Waals surface area (Å²) in [6, 6.07) is 8.69. The van der Waals surface area contributed by atoms with Crippen molar-refractivity contribution in [3.8, 4) is 24.3 Å². The number of nitrogens with zero attached hydrogens (tertiary/aromatic N) is 4. The van der Waals surface area contributed by atoms with Crippen molar-refractivity contribution in [2.45, 2.75) is 51.4 Å². The standard InChI is InChI=1S/4C6H10N2.4FH/c4*7-3-6-8-4-1-2-5-8;;;;/h4*1-2,4-6H2;4*1H. The normalized spacial score (nSPS) is 18.6. The number of hydrogen-bond acceptors (Lipinski definition) is 4. The van der Waals surface area contributed by atoms with E-state index in [0.717, 1.165) is 0 Å². The number of halogens is 4. The third kappa shape index (κ3) is 20.9. The molecule has 4 aliphatic rings. The Morgan fingerprint density at radius 2 is 0.472 bits per heavy atom. The third-order valence-electron chi connectivity index (χ3n) is 6.56. The molecule has 0 saturated carbocycles. The highest BCUT2D eigenvalue weighted by Gasteiger charge is 2.15. The van der Waals surface area contributed by atoms with E-state index in [2.05, 4.69) is 24.3 Å². The van der Waals surface area contributed by atoms with Crippen LogP contribution in [-0.2, 0) is 0 Å². The zero-order valence-corrected chi connectivity index (χ0v) is 21.4. The Labute approximate surface area is 214 Å². The maximum absolute atomic E-state index is 8.26. The summed E-state index contributed by atoms with van der Waals surface area (Å²) < 4.78 is 0. The molecule has 0 bridgehead atoms. The second-order valence-corrected chi connectivity index (χ2v) is 9.17. The van der Waals surface area contributed by atoms with Gasteiger partial charge in [-0.2, -0.15) is 21.0 Å². The molecule has 0 aromatic carbocycles. The maximum Gasteiger partial charge on any atom is 0.165 e. The average molecular weight is 521 g/mol. The van der Waals surface area contributed by atoms with E-state index in [9.17, 15) is 0 Å². The first kappa shape index (κ1) is 40.7. The smallest absolute Gasteiger partial charge is 0.165 e. The Morgan fingerprint density at radius 3 is 0.583 bits per heavy atom. The van der Waals surface area contributed by atoms with Gasteiger partial charge in [-0.3, -0.25) is 0 Å². The fourth-order valence-corrected chi connectivity index (χ4v) is 4.65. The van der Waals surface area contributed by atoms with Gasteiger partial charge in [0.05, 0.1) is 52.4 Å². The molecule has 0 unspecified atom stereocenters. The van der Waals surface area contributed by atoms with Crippen molar-refractivity contribution in [1.29, 1.82) is 21.0 Å². The van der Waals surface area contributed by atoms with Crippen LogP contribution >= 0.6 is 0 Å². The Hall–Kier alpha value is -2.48. The summed E-state index contributed by atoms with van der Waals surface area (Å²) in [5.74, 6) is 0. The number of nitrogens with one attached hydrogen (secondary N) is 4. The lowest BCUT2D eigenvalue weighted by Gasteiger charge is -2.03. The molecule has 0 aromatic heterocycles. The molecule has 0 atom stereocenters. The molecule has 4 saturated heterocycles. The van der Waals surface area contributed by atoms with Gasteiger partial charge in [0.2, 0.25) is 0 Å². The molecular formula is C24H44F4N8. The van der Waals surface area contributed by atoms with E-state index in [0.29, 0.717) is 26.2 Å². The minimum atomic E-state index is 0. The molecule has 208 valence electrons. The van der Waals surface area contributed by atoms with E-state index in [1.165, 1.54) is 123 Å². The maximum atomic E-state index is 8.26. The lowest BCUT2D eigenvalue weighted by molar-refractivity contribution is -0.880. The molecule has 0 radical (unpaired) electrons. The second kappa shape index (κ2) is 28.8. The van der Waals surface area contributed by atoms with Gasteiger partial charge in [-0.15, -0.1) is 0 Å². The quantitative estimate of drug-likeness (QED) is 0.218. The van der Waals surface area contributed by atoms with Gasteiger partial charge >= 0.3 is 0 Å². The molecule has 8 nitrogen and oxygen atoms in total. The molecule has 4 heterocycles. The van der Waals surface area contributed by atoms with Crippen molar-refractivity contribution in [3.63, 3.8) is 0 Å². The molecule has 4 fully saturated rings. The molecule has 0 aliphatic carbocycles. The number of rotatable bonds is 4. The van der Waals surface area contributed by atoms with Crippen LogP contribution in [-0.4, -0.2) is 78.5 Å². The minimum Gasteiger partial charge on any atom is -1.00 e. The van der Waals surface area contributed by atoms with E-state index in [-0.39, 0.29) is 18.8 Å². The van der Waals surface area contributed by atoms with Gasteiger partial charge in [0.25, 0.3) is 0 Å². The first-order valence-electron chi connectivity index (χ1n) is 12.6. The molecule has 4 rings (SSSR count). The highest BCUT2D eigenvalue weighted by atomic mass is 19.0. The molecule has 0 spiro atoms. The summed E-state index contributed by atoms with van der Waals surface area (Å²) in [5.41, 5.74) is 0. The van der Waals surface area contributed by atoms with Gasteiger partial charge in [-0.25, -0.2) is 0 Å². The first-order chi connectivity index (χ1) is 15.7. The number of hydrogen-bond donors (Lipinski definition) is 4. The lowest BCUT2D eigenvalue weighted by Crippen LogP contribution is -3.09. The molecular weight excluding hydrogens is 476 g/mol. The summed E-state index contributed by atoms with van der Waals surface area (Å²) in [4.78, 5) is 5.86. The zero-order chi connectivity index (χ0) is 23.3. The predicted octanol–water partition coefficient (Wildman–Crippen LogP) is -15.2. The number of quaternary nitrogens is 4. The van der Waals surface area contributed by atoms with Crippen molar-refractivity contribution < 1.29 is 38.4 Å². The van der Waals surface area contributed by atoms with Crippen molar-refractivity contribution in [2.24, 2.45) is 0 Å². The van der Waals surface area contributed by atoms with Crippen LogP contribution in [0.2, 0.25) is 0 Å². The zero-order valence-electron chi connectivity index (χ0n) is 21.4. The summed E-state index contributed by atoms with van der Waals surface area (Å²) in [6.45, 7) is 12.6. The van der Waals surface area contributed by atoms with E-state index < -0.39 is 0 Å². The lowest BCUT2D eigenvalue weighted by atomic mass is 10.4. The monoisotopic (exact) mass is 520 g/mol. The van der Waals surface area contributed by atoms with Crippen LogP contribution in [0.5, 0.6) is 0 Å². The van der Waals surface area contributed by atoms with E-state index in [1.807, 2.05) is 0 Å². The van der Waals surface area contributed by atoms with Crippen LogP contribution in [0.1, 0.15) is 51.4 Å². The average Bonchev–Trinajstić information content (AvgIpc) is 3.60. The molecule has 0 amide bonds. The Bertz CT molecular complexity index is 520. The van der Waals surface area contributed by atoms with E-state index in [4.69, 9.17) is 21.0 Å². The molecule has 36 heavy (non-hydrogen) atoms. The summed E-state index contributed by atoms with van der Waals surface area (Å²) >= 11 is 0. The molecule has 4 N–H and O–H groups in total. The van der Waals surface area contributed by atoms with Crippen LogP contribution in [0, 0.1) is 45.3 Å². The topological polar surface area (TPSA) is 113 Å². The van der Waals surface area contributed by atoms with E-state index in [1.54, 1.807) is 0 Å². The van der Waals surface area contributed by atoms with Crippen LogP contribution < -0.4 is 38.4 Å². The van der Waals surface area contributed by atoms with E-state index >= 15 is 0 Å². The van der Waals surface area contributed by atoms with Gasteiger partial charge in [0.15, 0.2) is 26.2 Å². The molecule has 4 aliphatic heterocycles. The summed E-state index contributed by atoms with van der Waals surface area (Å²) in [5, 5.41) is 33.0. The van der Waals surface area contributed by atoms with Crippen LogP contribution in [0.25, 0.3) is 0 Å². The Kier molecular flexibility index (Phi) is 32.5. The molecule has 12 heteroatoms. The van der Waals surface area contributed by atoms with Crippen molar-refractivity contribution in [2.75, 3.05) is 78.5 Å². The van der Waals surface area contributed by atoms with Gasteiger partial charge in [0, 0.05) is 51.4 Å². The van der Waals surface area contributed by atoms with Crippen LogP contribution in [0.15, 0.2) is 0 Å². The van der Waals surface area contributed by atoms with Gasteiger partial charge in [-0.1, -0.05) is 0 Å². The van der Waals surface area contributed by atoms with Crippen molar-refractivity contribution in [1.82, 2.24) is 0 Å². The fraction of sp³-hybridized carbons (Fsp3) is 0.833. The Balaban J connectivity index is -0.000000183. The first-order valence-corrected chi connectivity index (χ1v) is 12.6. The highest BCUT2D eigenvalue weighted by Crippen LogP contribution is 1.87. The van der Waals surface area contributed by atoms with Gasteiger partial charge < -0.3 is 38.4 Å². The Morgan fingerprint density at radius 1 is 0.333 bits per heavy atom. The largest absolute Gasteiger partial charge is 1.00 e. The molecule has 0 aromatic rings. The third-order valence-corrected chi connectivity index (χ3v) is 6.56. The minimum absolute atomic E-state index is 0. The van der Waals surface area contributed by atoms with Crippen molar-refractivity contribution in [3.05, 3.63) is 0 Å². The fourth-order valence-electron chi connectivity index (χ4n) is 4.65. The SMILES string of the molecule is N#CC[NH+]1CCCC1.N#CC[NH+]1CCCC1.N#CC[NH+]1CCCC1.N#CC[NH+]1CCCC1.[F-].[F-].[F-].[F-]. The number of nitriles is 4. The number of likely N-dealkylation sites (tertiary alicyclic amines) is 4. The highest BCUT2D eigenvalue weighted by molar-refractivity contribution is 4.67. The second-order valence-electron chi connectivity index (χ2n) is 9.17. The van der Waals surface area contributed by atoms with Crippen LogP contribution in [0.3, 0.4) is 0 Å². The van der Waals surface area contributed by atoms with Gasteiger partial charge in [0.1, 0.15) is 24.3 Å². The van der Waals surface area contributed by atoms with Crippen molar-refractivity contribution >= 4 is 0 Å². The predicted molar refractivity (Wildman–Crippen MR) is 122 cm³/mol. The summed E-state index contributed by atoms with van der Waals surface area (Å²) in [6.07, 6.45) is 10.5. The summed E-state index contributed by atoms with van der Waals surface area (Å²) in [7, 11) is 0. The van der Waals surface area contributed by atoms with Gasteiger partial charge in [-0.05, 0) is 0 Å². The van der Waals surface area contributed by atoms with Crippen LogP contribution in [0.4, 0.5) is 0 Å².